The maximum atomic E-state index is 14.0. The Morgan fingerprint density at radius 1 is 0.957 bits per heavy atom. The predicted molar refractivity (Wildman–Crippen MR) is 184 cm³/mol. The molecule has 0 radical (unpaired) electrons. The van der Waals surface area contributed by atoms with E-state index >= 15 is 0 Å². The molecule has 3 aromatic rings. The van der Waals surface area contributed by atoms with Crippen LogP contribution in [-0.4, -0.2) is 77.7 Å². The first-order valence-corrected chi connectivity index (χ1v) is 18.5. The fourth-order valence-corrected chi connectivity index (χ4v) is 9.40. The number of likely N-dealkylation sites (tertiary alicyclic amines) is 2. The molecule has 14 heteroatoms. The number of fused-ring (bicyclic) bond motifs is 1. The topological polar surface area (TPSA) is 141 Å². The average molecular weight is 776 g/mol. The van der Waals surface area contributed by atoms with E-state index in [-0.39, 0.29) is 18.0 Å². The molecule has 3 aliphatic heterocycles. The molecule has 1 aromatic heterocycles. The number of urea groups is 1. The van der Waals surface area contributed by atoms with Gasteiger partial charge in [0.05, 0.1) is 11.4 Å². The number of para-hydroxylation sites is 1. The van der Waals surface area contributed by atoms with Gasteiger partial charge in [0.25, 0.3) is 0 Å². The SMILES string of the molecule is Nc1c(Br)cc(C[C@@H](NC(=O)N2CCC(N3Cc4ccccc4NS3(=O)=O)CC2)C(=O)N2CCC(c3ccncc3)CC2)cc1Br. The number of hydrogen-bond acceptors (Lipinski definition) is 6. The Morgan fingerprint density at radius 2 is 1.59 bits per heavy atom. The number of rotatable bonds is 6. The van der Waals surface area contributed by atoms with Gasteiger partial charge in [0.15, 0.2) is 0 Å². The molecule has 46 heavy (non-hydrogen) atoms. The molecule has 1 atom stereocenters. The molecule has 2 saturated heterocycles. The summed E-state index contributed by atoms with van der Waals surface area (Å²) in [6.07, 6.45) is 6.55. The number of nitrogens with one attached hydrogen (secondary N) is 2. The summed E-state index contributed by atoms with van der Waals surface area (Å²) >= 11 is 6.99. The average Bonchev–Trinajstić information content (AvgIpc) is 3.06. The van der Waals surface area contributed by atoms with Crippen LogP contribution in [0.25, 0.3) is 0 Å². The number of carbonyl (C=O) groups is 2. The zero-order valence-electron chi connectivity index (χ0n) is 25.2. The molecule has 0 bridgehead atoms. The van der Waals surface area contributed by atoms with Gasteiger partial charge in [-0.15, -0.1) is 0 Å². The van der Waals surface area contributed by atoms with Crippen molar-refractivity contribution in [2.45, 2.75) is 56.7 Å². The zero-order valence-corrected chi connectivity index (χ0v) is 29.2. The fourth-order valence-electron chi connectivity index (χ4n) is 6.61. The normalized spacial score (nSPS) is 19.6. The van der Waals surface area contributed by atoms with Gasteiger partial charge in [0.2, 0.25) is 5.91 Å². The molecular weight excluding hydrogens is 738 g/mol. The number of aromatic nitrogens is 1. The van der Waals surface area contributed by atoms with Crippen molar-refractivity contribution >= 4 is 65.4 Å². The summed E-state index contributed by atoms with van der Waals surface area (Å²) in [6.45, 7) is 2.24. The molecule has 0 saturated carbocycles. The third-order valence-electron chi connectivity index (χ3n) is 9.21. The van der Waals surface area contributed by atoms with Gasteiger partial charge in [-0.1, -0.05) is 18.2 Å². The molecular formula is C32H37Br2N7O4S. The largest absolute Gasteiger partial charge is 0.397 e. The Bertz CT molecular complexity index is 1670. The Morgan fingerprint density at radius 3 is 2.26 bits per heavy atom. The summed E-state index contributed by atoms with van der Waals surface area (Å²) in [6, 6.07) is 13.8. The van der Waals surface area contributed by atoms with E-state index in [0.717, 1.165) is 24.0 Å². The van der Waals surface area contributed by atoms with Crippen molar-refractivity contribution in [2.75, 3.05) is 36.6 Å². The van der Waals surface area contributed by atoms with Gasteiger partial charge in [0, 0.05) is 66.5 Å². The molecule has 244 valence electrons. The van der Waals surface area contributed by atoms with E-state index in [1.807, 2.05) is 47.4 Å². The van der Waals surface area contributed by atoms with Crippen LogP contribution in [-0.2, 0) is 28.0 Å². The number of pyridine rings is 1. The van der Waals surface area contributed by atoms with Crippen molar-refractivity contribution in [3.05, 3.63) is 86.6 Å². The van der Waals surface area contributed by atoms with Crippen molar-refractivity contribution < 1.29 is 18.0 Å². The zero-order chi connectivity index (χ0) is 32.4. The number of anilines is 2. The lowest BCUT2D eigenvalue weighted by Gasteiger charge is -2.40. The van der Waals surface area contributed by atoms with Gasteiger partial charge in [-0.3, -0.25) is 14.5 Å². The quantitative estimate of drug-likeness (QED) is 0.306. The first-order chi connectivity index (χ1) is 22.1. The minimum atomic E-state index is -3.69. The van der Waals surface area contributed by atoms with Crippen molar-refractivity contribution in [1.82, 2.24) is 24.4 Å². The van der Waals surface area contributed by atoms with Gasteiger partial charge < -0.3 is 20.9 Å². The number of amides is 3. The standard InChI is InChI=1S/C32H37Br2N7O4S/c33-26-17-21(18-27(34)30(26)35)19-29(31(42)39-13-7-23(8-14-39)22-5-11-36-12-6-22)37-32(43)40-15-9-25(10-16-40)41-20-24-3-1-2-4-28(24)38-46(41,44)45/h1-6,11-12,17-18,23,25,29,38H,7-10,13-16,19-20,35H2,(H,37,43)/t29-/m1/s1. The lowest BCUT2D eigenvalue weighted by Crippen LogP contribution is -2.57. The maximum Gasteiger partial charge on any atom is 0.318 e. The molecule has 0 aliphatic carbocycles. The number of benzene rings is 2. The molecule has 4 N–H and O–H groups in total. The van der Waals surface area contributed by atoms with Crippen LogP contribution in [0.4, 0.5) is 16.2 Å². The van der Waals surface area contributed by atoms with Crippen LogP contribution >= 0.6 is 31.9 Å². The van der Waals surface area contributed by atoms with Crippen LogP contribution in [0.3, 0.4) is 0 Å². The number of halogens is 2. The van der Waals surface area contributed by atoms with Crippen LogP contribution in [0.1, 0.15) is 48.3 Å². The second-order valence-electron chi connectivity index (χ2n) is 12.1. The highest BCUT2D eigenvalue weighted by Gasteiger charge is 2.38. The second-order valence-corrected chi connectivity index (χ2v) is 15.4. The third kappa shape index (κ3) is 7.19. The van der Waals surface area contributed by atoms with Crippen LogP contribution in [0.2, 0.25) is 0 Å². The van der Waals surface area contributed by atoms with E-state index in [0.29, 0.717) is 78.2 Å². The Hall–Kier alpha value is -3.20. The number of carbonyl (C=O) groups excluding carboxylic acids is 2. The molecule has 4 heterocycles. The van der Waals surface area contributed by atoms with E-state index in [2.05, 4.69) is 46.9 Å². The number of nitrogens with zero attached hydrogens (tertiary/aromatic N) is 4. The number of nitrogens with two attached hydrogens (primary N) is 1. The lowest BCUT2D eigenvalue weighted by atomic mass is 9.89. The number of piperidine rings is 2. The summed E-state index contributed by atoms with van der Waals surface area (Å²) in [4.78, 5) is 35.3. The first-order valence-electron chi connectivity index (χ1n) is 15.4. The van der Waals surface area contributed by atoms with Crippen molar-refractivity contribution in [2.24, 2.45) is 0 Å². The molecule has 2 fully saturated rings. The van der Waals surface area contributed by atoms with Crippen LogP contribution in [0.5, 0.6) is 0 Å². The molecule has 6 rings (SSSR count). The van der Waals surface area contributed by atoms with Gasteiger partial charge in [-0.25, -0.2) is 4.79 Å². The highest BCUT2D eigenvalue weighted by molar-refractivity contribution is 9.11. The van der Waals surface area contributed by atoms with E-state index in [1.54, 1.807) is 23.4 Å². The summed E-state index contributed by atoms with van der Waals surface area (Å²) < 4.78 is 31.7. The second kappa shape index (κ2) is 13.9. The summed E-state index contributed by atoms with van der Waals surface area (Å²) in [5.41, 5.74) is 10.3. The van der Waals surface area contributed by atoms with Crippen LogP contribution in [0.15, 0.2) is 69.9 Å². The predicted octanol–water partition coefficient (Wildman–Crippen LogP) is 4.85. The van der Waals surface area contributed by atoms with Crippen LogP contribution < -0.4 is 15.8 Å². The fraction of sp³-hybridized carbons (Fsp3) is 0.406. The van der Waals surface area contributed by atoms with Gasteiger partial charge in [-0.05, 0) is 110 Å². The molecule has 3 amide bonds. The monoisotopic (exact) mass is 773 g/mol. The van der Waals surface area contributed by atoms with Crippen molar-refractivity contribution in [3.8, 4) is 0 Å². The Kier molecular flexibility index (Phi) is 9.88. The van der Waals surface area contributed by atoms with Gasteiger partial charge >= 0.3 is 16.2 Å². The van der Waals surface area contributed by atoms with E-state index < -0.39 is 16.3 Å². The lowest BCUT2D eigenvalue weighted by molar-refractivity contribution is -0.134. The minimum absolute atomic E-state index is 0.121. The van der Waals surface area contributed by atoms with E-state index in [9.17, 15) is 18.0 Å². The van der Waals surface area contributed by atoms with Gasteiger partial charge in [0.1, 0.15) is 6.04 Å². The highest BCUT2D eigenvalue weighted by atomic mass is 79.9. The molecule has 11 nitrogen and oxygen atoms in total. The smallest absolute Gasteiger partial charge is 0.318 e. The third-order valence-corrected chi connectivity index (χ3v) is 12.0. The highest BCUT2D eigenvalue weighted by Crippen LogP contribution is 2.33. The summed E-state index contributed by atoms with van der Waals surface area (Å²) in [7, 11) is -3.69. The Labute approximate surface area is 286 Å². The number of hydrogen-bond donors (Lipinski definition) is 3. The van der Waals surface area contributed by atoms with Gasteiger partial charge in [-0.2, -0.15) is 12.7 Å². The molecule has 3 aliphatic rings. The van der Waals surface area contributed by atoms with Crippen molar-refractivity contribution in [1.29, 1.82) is 0 Å². The van der Waals surface area contributed by atoms with E-state index in [4.69, 9.17) is 5.73 Å². The molecule has 0 unspecified atom stereocenters. The first kappa shape index (κ1) is 32.7. The van der Waals surface area contributed by atoms with Crippen molar-refractivity contribution in [3.63, 3.8) is 0 Å². The molecule has 0 spiro atoms. The van der Waals surface area contributed by atoms with E-state index in [1.165, 1.54) is 9.87 Å². The minimum Gasteiger partial charge on any atom is -0.397 e. The summed E-state index contributed by atoms with van der Waals surface area (Å²) in [5.74, 6) is 0.238. The Balaban J connectivity index is 1.12. The summed E-state index contributed by atoms with van der Waals surface area (Å²) in [5, 5.41) is 3.03. The maximum absolute atomic E-state index is 14.0. The van der Waals surface area contributed by atoms with Crippen LogP contribution in [0, 0.1) is 0 Å². The number of nitrogen functional groups attached to an aromatic ring is 1. The molecule has 2 aromatic carbocycles.